The predicted octanol–water partition coefficient (Wildman–Crippen LogP) is 3.75. The van der Waals surface area contributed by atoms with Gasteiger partial charge in [0.05, 0.1) is 5.56 Å². The van der Waals surface area contributed by atoms with Gasteiger partial charge in [-0.15, -0.1) is 0 Å². The van der Waals surface area contributed by atoms with Gasteiger partial charge >= 0.3 is 6.18 Å². The number of aromatic amines is 1. The molecule has 0 bridgehead atoms. The van der Waals surface area contributed by atoms with Crippen molar-refractivity contribution in [1.82, 2.24) is 4.98 Å². The van der Waals surface area contributed by atoms with Gasteiger partial charge in [0, 0.05) is 17.0 Å². The zero-order chi connectivity index (χ0) is 14.2. The van der Waals surface area contributed by atoms with Gasteiger partial charge < -0.3 is 4.98 Å². The molecule has 0 saturated heterocycles. The van der Waals surface area contributed by atoms with E-state index in [4.69, 9.17) is 0 Å². The van der Waals surface area contributed by atoms with Crippen LogP contribution >= 0.6 is 0 Å². The highest BCUT2D eigenvalue weighted by atomic mass is 19.4. The Morgan fingerprint density at radius 3 is 2.47 bits per heavy atom. The molecule has 1 aromatic carbocycles. The van der Waals surface area contributed by atoms with Crippen LogP contribution < -0.4 is 5.56 Å². The summed E-state index contributed by atoms with van der Waals surface area (Å²) in [4.78, 5) is 13.7. The highest BCUT2D eigenvalue weighted by Gasteiger charge is 2.33. The van der Waals surface area contributed by atoms with E-state index < -0.39 is 17.3 Å². The third-order valence-corrected chi connectivity index (χ3v) is 2.86. The summed E-state index contributed by atoms with van der Waals surface area (Å²) in [5, 5.41) is 0.0465. The molecule has 0 radical (unpaired) electrons. The average Bonchev–Trinajstić information content (AvgIpc) is 2.26. The van der Waals surface area contributed by atoms with Crippen LogP contribution in [0.2, 0.25) is 0 Å². The van der Waals surface area contributed by atoms with E-state index in [1.54, 1.807) is 6.07 Å². The summed E-state index contributed by atoms with van der Waals surface area (Å²) in [5.41, 5.74) is -0.569. The van der Waals surface area contributed by atoms with Gasteiger partial charge in [0.2, 0.25) is 5.56 Å². The van der Waals surface area contributed by atoms with Crippen LogP contribution in [0.5, 0.6) is 0 Å². The first-order chi connectivity index (χ1) is 8.77. The Morgan fingerprint density at radius 1 is 1.21 bits per heavy atom. The van der Waals surface area contributed by atoms with Crippen molar-refractivity contribution in [3.05, 3.63) is 45.7 Å². The second-order valence-corrected chi connectivity index (χ2v) is 5.02. The number of H-pyrrole nitrogens is 1. The van der Waals surface area contributed by atoms with Crippen molar-refractivity contribution in [2.24, 2.45) is 5.92 Å². The number of alkyl halides is 3. The molecule has 2 nitrogen and oxygen atoms in total. The molecule has 0 aliphatic rings. The molecule has 0 spiro atoms. The molecule has 0 aliphatic carbocycles. The number of benzene rings is 1. The van der Waals surface area contributed by atoms with Gasteiger partial charge in [-0.05, 0) is 30.0 Å². The van der Waals surface area contributed by atoms with Crippen LogP contribution in [0.25, 0.3) is 10.9 Å². The van der Waals surface area contributed by atoms with Gasteiger partial charge in [-0.2, -0.15) is 13.2 Å². The SMILES string of the molecule is CC(C)Cc1ccc2[nH]c(=O)cc(C(F)(F)F)c2c1. The number of rotatable bonds is 2. The van der Waals surface area contributed by atoms with E-state index in [1.165, 1.54) is 12.1 Å². The molecule has 0 amide bonds. The molecule has 1 N–H and O–H groups in total. The van der Waals surface area contributed by atoms with E-state index in [1.807, 2.05) is 13.8 Å². The maximum Gasteiger partial charge on any atom is 0.417 e. The van der Waals surface area contributed by atoms with Crippen molar-refractivity contribution in [3.8, 4) is 0 Å². The number of hydrogen-bond donors (Lipinski definition) is 1. The molecular weight excluding hydrogens is 255 g/mol. The monoisotopic (exact) mass is 269 g/mol. The van der Waals surface area contributed by atoms with Gasteiger partial charge in [-0.25, -0.2) is 0 Å². The Labute approximate surface area is 108 Å². The lowest BCUT2D eigenvalue weighted by Gasteiger charge is -2.12. The maximum atomic E-state index is 12.9. The lowest BCUT2D eigenvalue weighted by molar-refractivity contribution is -0.136. The Kier molecular flexibility index (Phi) is 3.39. The fourth-order valence-electron chi connectivity index (χ4n) is 2.13. The number of hydrogen-bond acceptors (Lipinski definition) is 1. The van der Waals surface area contributed by atoms with Crippen molar-refractivity contribution in [1.29, 1.82) is 0 Å². The van der Waals surface area contributed by atoms with Gasteiger partial charge in [-0.3, -0.25) is 4.79 Å². The van der Waals surface area contributed by atoms with Crippen molar-refractivity contribution in [2.75, 3.05) is 0 Å². The summed E-state index contributed by atoms with van der Waals surface area (Å²) < 4.78 is 38.8. The number of pyridine rings is 1. The van der Waals surface area contributed by atoms with Crippen LogP contribution in [-0.4, -0.2) is 4.98 Å². The molecular formula is C14H14F3NO. The molecule has 102 valence electrons. The van der Waals surface area contributed by atoms with Crippen LogP contribution in [0.15, 0.2) is 29.1 Å². The maximum absolute atomic E-state index is 12.9. The minimum Gasteiger partial charge on any atom is -0.322 e. The van der Waals surface area contributed by atoms with E-state index in [0.717, 1.165) is 5.56 Å². The van der Waals surface area contributed by atoms with E-state index in [-0.39, 0.29) is 10.9 Å². The Bertz CT molecular complexity index is 656. The van der Waals surface area contributed by atoms with E-state index >= 15 is 0 Å². The number of nitrogens with one attached hydrogen (secondary N) is 1. The summed E-state index contributed by atoms with van der Waals surface area (Å²) in [6.45, 7) is 4.00. The average molecular weight is 269 g/mol. The molecule has 1 aromatic heterocycles. The second-order valence-electron chi connectivity index (χ2n) is 5.02. The molecule has 19 heavy (non-hydrogen) atoms. The summed E-state index contributed by atoms with van der Waals surface area (Å²) in [5.74, 6) is 0.356. The molecule has 0 fully saturated rings. The molecule has 5 heteroatoms. The van der Waals surface area contributed by atoms with Gasteiger partial charge in [0.1, 0.15) is 0 Å². The van der Waals surface area contributed by atoms with Gasteiger partial charge in [0.25, 0.3) is 0 Å². The lowest BCUT2D eigenvalue weighted by Crippen LogP contribution is -2.14. The van der Waals surface area contributed by atoms with Crippen LogP contribution in [-0.2, 0) is 12.6 Å². The third-order valence-electron chi connectivity index (χ3n) is 2.86. The highest BCUT2D eigenvalue weighted by Crippen LogP contribution is 2.33. The van der Waals surface area contributed by atoms with Crippen molar-refractivity contribution in [3.63, 3.8) is 0 Å². The third kappa shape index (κ3) is 2.97. The molecule has 0 unspecified atom stereocenters. The molecule has 0 atom stereocenters. The Hall–Kier alpha value is -1.78. The summed E-state index contributed by atoms with van der Waals surface area (Å²) in [7, 11) is 0. The highest BCUT2D eigenvalue weighted by molar-refractivity contribution is 5.83. The molecule has 0 saturated carbocycles. The standard InChI is InChI=1S/C14H14F3NO/c1-8(2)5-9-3-4-12-10(6-9)11(14(15,16)17)7-13(19)18-12/h3-4,6-8H,5H2,1-2H3,(H,18,19). The van der Waals surface area contributed by atoms with E-state index in [9.17, 15) is 18.0 Å². The molecule has 0 aliphatic heterocycles. The zero-order valence-electron chi connectivity index (χ0n) is 10.6. The van der Waals surface area contributed by atoms with Gasteiger partial charge in [-0.1, -0.05) is 19.9 Å². The molecule has 2 rings (SSSR count). The first kappa shape index (κ1) is 13.6. The van der Waals surface area contributed by atoms with E-state index in [2.05, 4.69) is 4.98 Å². The van der Waals surface area contributed by atoms with Crippen molar-refractivity contribution < 1.29 is 13.2 Å². The predicted molar refractivity (Wildman–Crippen MR) is 68.1 cm³/mol. The van der Waals surface area contributed by atoms with Crippen LogP contribution in [0.1, 0.15) is 25.0 Å². The summed E-state index contributed by atoms with van der Waals surface area (Å²) in [6.07, 6.45) is -3.82. The quantitative estimate of drug-likeness (QED) is 0.885. The smallest absolute Gasteiger partial charge is 0.322 e. The normalized spacial score (nSPS) is 12.3. The number of aromatic nitrogens is 1. The van der Waals surface area contributed by atoms with Crippen LogP contribution in [0.4, 0.5) is 13.2 Å². The Balaban J connectivity index is 2.69. The zero-order valence-corrected chi connectivity index (χ0v) is 10.6. The number of halogens is 3. The minimum absolute atomic E-state index is 0.0465. The largest absolute Gasteiger partial charge is 0.417 e. The minimum atomic E-state index is -4.52. The fraction of sp³-hybridized carbons (Fsp3) is 0.357. The van der Waals surface area contributed by atoms with Crippen LogP contribution in [0, 0.1) is 5.92 Å². The second kappa shape index (κ2) is 4.72. The van der Waals surface area contributed by atoms with Crippen molar-refractivity contribution >= 4 is 10.9 Å². The molecule has 2 aromatic rings. The first-order valence-corrected chi connectivity index (χ1v) is 6.00. The topological polar surface area (TPSA) is 32.9 Å². The first-order valence-electron chi connectivity index (χ1n) is 6.00. The number of fused-ring (bicyclic) bond motifs is 1. The van der Waals surface area contributed by atoms with E-state index in [0.29, 0.717) is 18.4 Å². The Morgan fingerprint density at radius 2 is 1.89 bits per heavy atom. The van der Waals surface area contributed by atoms with Crippen LogP contribution in [0.3, 0.4) is 0 Å². The van der Waals surface area contributed by atoms with Gasteiger partial charge in [0.15, 0.2) is 0 Å². The fourth-order valence-corrected chi connectivity index (χ4v) is 2.13. The van der Waals surface area contributed by atoms with Crippen molar-refractivity contribution in [2.45, 2.75) is 26.4 Å². The summed E-state index contributed by atoms with van der Waals surface area (Å²) in [6, 6.07) is 5.40. The molecule has 1 heterocycles. The summed E-state index contributed by atoms with van der Waals surface area (Å²) >= 11 is 0. The lowest BCUT2D eigenvalue weighted by atomic mass is 9.99.